The second-order valence-corrected chi connectivity index (χ2v) is 6.49. The number of carbonyl (C=O) groups excluding carboxylic acids is 1. The van der Waals surface area contributed by atoms with E-state index >= 15 is 0 Å². The largest absolute Gasteiger partial charge is 0.479 e. The molecule has 1 amide bonds. The number of thiazole rings is 1. The lowest BCUT2D eigenvalue weighted by molar-refractivity contribution is -0.0539. The Balaban J connectivity index is 1.75. The Morgan fingerprint density at radius 2 is 2.12 bits per heavy atom. The van der Waals surface area contributed by atoms with Crippen molar-refractivity contribution in [2.24, 2.45) is 0 Å². The van der Waals surface area contributed by atoms with Crippen LogP contribution in [-0.2, 0) is 4.74 Å². The summed E-state index contributed by atoms with van der Waals surface area (Å²) >= 11 is 1.19. The molecule has 0 saturated carbocycles. The SMILES string of the molecule is COc1nc(F)c([C@H]2CCO2)c2sc(NC(=O)c3ccccc3)nc12. The maximum atomic E-state index is 14.4. The van der Waals surface area contributed by atoms with Crippen LogP contribution in [0.4, 0.5) is 9.52 Å². The number of halogens is 1. The number of methoxy groups -OCH3 is 1. The Kier molecular flexibility index (Phi) is 4.06. The van der Waals surface area contributed by atoms with Crippen molar-refractivity contribution in [1.29, 1.82) is 0 Å². The van der Waals surface area contributed by atoms with Crippen LogP contribution in [0, 0.1) is 5.95 Å². The highest BCUT2D eigenvalue weighted by Gasteiger charge is 2.30. The molecule has 0 spiro atoms. The van der Waals surface area contributed by atoms with Gasteiger partial charge in [-0.3, -0.25) is 10.1 Å². The van der Waals surface area contributed by atoms with Crippen LogP contribution in [0.2, 0.25) is 0 Å². The molecule has 0 unspecified atom stereocenters. The monoisotopic (exact) mass is 359 g/mol. The van der Waals surface area contributed by atoms with Gasteiger partial charge in [0.05, 0.1) is 30.1 Å². The number of benzene rings is 1. The number of hydrogen-bond donors (Lipinski definition) is 1. The predicted molar refractivity (Wildman–Crippen MR) is 91.6 cm³/mol. The summed E-state index contributed by atoms with van der Waals surface area (Å²) in [5.74, 6) is -0.820. The predicted octanol–water partition coefficient (Wildman–Crippen LogP) is 3.55. The molecule has 0 radical (unpaired) electrons. The first-order valence-electron chi connectivity index (χ1n) is 7.69. The Morgan fingerprint density at radius 3 is 2.76 bits per heavy atom. The zero-order valence-electron chi connectivity index (χ0n) is 13.3. The summed E-state index contributed by atoms with van der Waals surface area (Å²) in [6.07, 6.45) is 0.392. The van der Waals surface area contributed by atoms with Gasteiger partial charge in [0, 0.05) is 12.0 Å². The van der Waals surface area contributed by atoms with Crippen LogP contribution in [0.15, 0.2) is 30.3 Å². The summed E-state index contributed by atoms with van der Waals surface area (Å²) in [5.41, 5.74) is 1.31. The number of rotatable bonds is 4. The van der Waals surface area contributed by atoms with Gasteiger partial charge in [-0.05, 0) is 12.1 Å². The van der Waals surface area contributed by atoms with Gasteiger partial charge >= 0.3 is 0 Å². The molecule has 1 atom stereocenters. The van der Waals surface area contributed by atoms with E-state index in [0.29, 0.717) is 33.1 Å². The van der Waals surface area contributed by atoms with Crippen LogP contribution in [-0.4, -0.2) is 29.6 Å². The maximum Gasteiger partial charge on any atom is 0.257 e. The van der Waals surface area contributed by atoms with E-state index in [0.717, 1.165) is 6.42 Å². The van der Waals surface area contributed by atoms with Gasteiger partial charge in [-0.25, -0.2) is 4.98 Å². The lowest BCUT2D eigenvalue weighted by atomic mass is 10.0. The number of nitrogens with one attached hydrogen (secondary N) is 1. The van der Waals surface area contributed by atoms with Crippen molar-refractivity contribution < 1.29 is 18.7 Å². The Bertz CT molecular complexity index is 941. The van der Waals surface area contributed by atoms with Crippen LogP contribution < -0.4 is 10.1 Å². The summed E-state index contributed by atoms with van der Waals surface area (Å²) in [5, 5.41) is 3.10. The van der Waals surface area contributed by atoms with E-state index in [1.807, 2.05) is 6.07 Å². The summed E-state index contributed by atoms with van der Waals surface area (Å²) < 4.78 is 25.5. The number of fused-ring (bicyclic) bond motifs is 1. The maximum absolute atomic E-state index is 14.4. The Labute approximate surface area is 146 Å². The molecule has 25 heavy (non-hydrogen) atoms. The fourth-order valence-electron chi connectivity index (χ4n) is 2.64. The van der Waals surface area contributed by atoms with Crippen LogP contribution in [0.1, 0.15) is 28.4 Å². The molecule has 8 heteroatoms. The molecule has 3 heterocycles. The standard InChI is InChI=1S/C17H14FN3O3S/c1-23-16-12-13(11(14(18)20-16)10-7-8-24-10)25-17(19-12)21-15(22)9-5-3-2-4-6-9/h2-6,10H,7-8H2,1H3,(H,19,21,22)/t10-/m1/s1. The smallest absolute Gasteiger partial charge is 0.257 e. The van der Waals surface area contributed by atoms with E-state index in [2.05, 4.69) is 15.3 Å². The average Bonchev–Trinajstić information content (AvgIpc) is 2.99. The van der Waals surface area contributed by atoms with Crippen molar-refractivity contribution in [3.63, 3.8) is 0 Å². The van der Waals surface area contributed by atoms with Crippen LogP contribution in [0.25, 0.3) is 10.2 Å². The molecule has 128 valence electrons. The molecule has 0 aliphatic carbocycles. The zero-order valence-corrected chi connectivity index (χ0v) is 14.1. The minimum Gasteiger partial charge on any atom is -0.479 e. The van der Waals surface area contributed by atoms with Gasteiger partial charge < -0.3 is 9.47 Å². The quantitative estimate of drug-likeness (QED) is 0.721. The van der Waals surface area contributed by atoms with Crippen molar-refractivity contribution >= 4 is 32.6 Å². The van der Waals surface area contributed by atoms with Crippen molar-refractivity contribution in [3.8, 4) is 5.88 Å². The van der Waals surface area contributed by atoms with Crippen LogP contribution in [0.5, 0.6) is 5.88 Å². The van der Waals surface area contributed by atoms with Gasteiger partial charge in [0.25, 0.3) is 5.91 Å². The molecule has 3 aromatic rings. The fraction of sp³-hybridized carbons (Fsp3) is 0.235. The average molecular weight is 359 g/mol. The van der Waals surface area contributed by atoms with Crippen LogP contribution in [0.3, 0.4) is 0 Å². The first-order valence-corrected chi connectivity index (χ1v) is 8.51. The molecule has 1 aromatic carbocycles. The highest BCUT2D eigenvalue weighted by Crippen LogP contribution is 2.41. The molecule has 6 nitrogen and oxygen atoms in total. The minimum atomic E-state index is -0.626. The van der Waals surface area contributed by atoms with E-state index in [1.165, 1.54) is 18.4 Å². The van der Waals surface area contributed by atoms with Crippen molar-refractivity contribution in [1.82, 2.24) is 9.97 Å². The lowest BCUT2D eigenvalue weighted by Crippen LogP contribution is -2.20. The fourth-order valence-corrected chi connectivity index (χ4v) is 3.67. The molecule has 1 aliphatic rings. The van der Waals surface area contributed by atoms with Gasteiger partial charge in [-0.2, -0.15) is 9.37 Å². The molecule has 1 N–H and O–H groups in total. The second-order valence-electron chi connectivity index (χ2n) is 5.49. The molecule has 1 aliphatic heterocycles. The number of amides is 1. The summed E-state index contributed by atoms with van der Waals surface area (Å²) in [6, 6.07) is 8.80. The molecule has 2 aromatic heterocycles. The first-order chi connectivity index (χ1) is 12.2. The van der Waals surface area contributed by atoms with Crippen molar-refractivity contribution in [3.05, 3.63) is 47.4 Å². The number of aromatic nitrogens is 2. The number of nitrogens with zero attached hydrogens (tertiary/aromatic N) is 2. The van der Waals surface area contributed by atoms with Crippen molar-refractivity contribution in [2.45, 2.75) is 12.5 Å². The normalized spacial score (nSPS) is 16.5. The third-order valence-electron chi connectivity index (χ3n) is 3.97. The van der Waals surface area contributed by atoms with Gasteiger partial charge in [0.1, 0.15) is 5.52 Å². The van der Waals surface area contributed by atoms with E-state index in [1.54, 1.807) is 24.3 Å². The summed E-state index contributed by atoms with van der Waals surface area (Å²) in [4.78, 5) is 20.5. The van der Waals surface area contributed by atoms with Gasteiger partial charge in [-0.1, -0.05) is 29.5 Å². The number of anilines is 1. The molecule has 0 bridgehead atoms. The van der Waals surface area contributed by atoms with Gasteiger partial charge in [0.2, 0.25) is 11.8 Å². The Hall–Kier alpha value is -2.58. The number of hydrogen-bond acceptors (Lipinski definition) is 6. The van der Waals surface area contributed by atoms with Gasteiger partial charge in [0.15, 0.2) is 5.13 Å². The second kappa shape index (κ2) is 6.38. The van der Waals surface area contributed by atoms with Crippen molar-refractivity contribution in [2.75, 3.05) is 19.0 Å². The van der Waals surface area contributed by atoms with Crippen LogP contribution >= 0.6 is 11.3 Å². The summed E-state index contributed by atoms with van der Waals surface area (Å²) in [6.45, 7) is 0.591. The number of pyridine rings is 1. The van der Waals surface area contributed by atoms with E-state index < -0.39 is 5.95 Å². The molecule has 4 rings (SSSR count). The lowest BCUT2D eigenvalue weighted by Gasteiger charge is -2.27. The molecular formula is C17H14FN3O3S. The first kappa shape index (κ1) is 15.9. The topological polar surface area (TPSA) is 73.3 Å². The van der Waals surface area contributed by atoms with E-state index in [4.69, 9.17) is 9.47 Å². The zero-order chi connectivity index (χ0) is 17.4. The molecule has 1 fully saturated rings. The number of carbonyl (C=O) groups is 1. The van der Waals surface area contributed by atoms with E-state index in [9.17, 15) is 9.18 Å². The van der Waals surface area contributed by atoms with Gasteiger partial charge in [-0.15, -0.1) is 0 Å². The molecular weight excluding hydrogens is 345 g/mol. The third-order valence-corrected chi connectivity index (χ3v) is 4.97. The highest BCUT2D eigenvalue weighted by molar-refractivity contribution is 7.22. The van der Waals surface area contributed by atoms with E-state index in [-0.39, 0.29) is 17.9 Å². The number of ether oxygens (including phenoxy) is 2. The summed E-state index contributed by atoms with van der Waals surface area (Å²) in [7, 11) is 1.41. The highest BCUT2D eigenvalue weighted by atomic mass is 32.1. The minimum absolute atomic E-state index is 0.0898. The molecule has 1 saturated heterocycles. The Morgan fingerprint density at radius 1 is 1.36 bits per heavy atom. The third kappa shape index (κ3) is 2.83.